The first-order valence-corrected chi connectivity index (χ1v) is 11.6. The minimum atomic E-state index is -0.362. The molecule has 7 nitrogen and oxygen atoms in total. The van der Waals surface area contributed by atoms with E-state index >= 15 is 0 Å². The van der Waals surface area contributed by atoms with Crippen LogP contribution in [0.4, 0.5) is 9.80 Å². The lowest BCUT2D eigenvalue weighted by Crippen LogP contribution is -2.42. The molecule has 0 saturated carbocycles. The number of alkyl halides is 1. The lowest BCUT2D eigenvalue weighted by molar-refractivity contribution is -0.129. The van der Waals surface area contributed by atoms with Gasteiger partial charge in [0, 0.05) is 24.5 Å². The Morgan fingerprint density at radius 2 is 1.93 bits per heavy atom. The van der Waals surface area contributed by atoms with E-state index < -0.39 is 0 Å². The van der Waals surface area contributed by atoms with Gasteiger partial charge in [0.25, 0.3) is 0 Å². The Morgan fingerprint density at radius 1 is 1.21 bits per heavy atom. The van der Waals surface area contributed by atoms with Crippen molar-refractivity contribution in [2.24, 2.45) is 5.92 Å². The van der Waals surface area contributed by atoms with Crippen LogP contribution in [0.2, 0.25) is 0 Å². The maximum Gasteiger partial charge on any atom is 0.341 e. The lowest BCUT2D eigenvalue weighted by Gasteiger charge is -2.31. The average Bonchev–Trinajstić information content (AvgIpc) is 3.10. The number of hydrogen-bond acceptors (Lipinski definition) is 5. The number of urea groups is 1. The Hall–Kier alpha value is -1.80. The van der Waals surface area contributed by atoms with Crippen molar-refractivity contribution in [2.45, 2.75) is 45.4 Å². The van der Waals surface area contributed by atoms with Gasteiger partial charge >= 0.3 is 12.0 Å². The fourth-order valence-electron chi connectivity index (χ4n) is 3.93. The number of piperidine rings is 1. The number of ether oxygens (including phenoxy) is 1. The largest absolute Gasteiger partial charge is 0.462 e. The van der Waals surface area contributed by atoms with Gasteiger partial charge in [-0.3, -0.25) is 10.1 Å². The van der Waals surface area contributed by atoms with Crippen molar-refractivity contribution < 1.29 is 19.1 Å². The maximum absolute atomic E-state index is 12.5. The Bertz CT molecular complexity index is 759. The average molecular weight is 442 g/mol. The summed E-state index contributed by atoms with van der Waals surface area (Å²) >= 11 is 7.09. The number of carbonyl (C=O) groups excluding carboxylic acids is 3. The van der Waals surface area contributed by atoms with E-state index in [2.05, 4.69) is 10.6 Å². The predicted octanol–water partition coefficient (Wildman–Crippen LogP) is 3.40. The van der Waals surface area contributed by atoms with Gasteiger partial charge in [0.15, 0.2) is 0 Å². The smallest absolute Gasteiger partial charge is 0.341 e. The van der Waals surface area contributed by atoms with Crippen molar-refractivity contribution in [3.63, 3.8) is 0 Å². The molecule has 3 rings (SSSR count). The highest BCUT2D eigenvalue weighted by Crippen LogP contribution is 2.38. The third-order valence-corrected chi connectivity index (χ3v) is 6.95. The number of nitrogens with zero attached hydrogens (tertiary/aromatic N) is 1. The third-order valence-electron chi connectivity index (χ3n) is 5.51. The summed E-state index contributed by atoms with van der Waals surface area (Å²) in [6.07, 6.45) is 5.62. The molecule has 1 aromatic rings. The molecule has 2 N–H and O–H groups in total. The summed E-state index contributed by atoms with van der Waals surface area (Å²) in [5.74, 6) is -0.0671. The van der Waals surface area contributed by atoms with Crippen LogP contribution in [0.5, 0.6) is 0 Å². The molecule has 1 aliphatic carbocycles. The Labute approximate surface area is 180 Å². The van der Waals surface area contributed by atoms with E-state index in [4.69, 9.17) is 16.3 Å². The summed E-state index contributed by atoms with van der Waals surface area (Å²) in [5, 5.41) is 6.36. The summed E-state index contributed by atoms with van der Waals surface area (Å²) in [4.78, 5) is 39.5. The highest BCUT2D eigenvalue weighted by Gasteiger charge is 2.28. The molecule has 1 saturated heterocycles. The minimum Gasteiger partial charge on any atom is -0.462 e. The van der Waals surface area contributed by atoms with Crippen LogP contribution in [0.25, 0.3) is 0 Å². The number of fused-ring (bicyclic) bond motifs is 1. The van der Waals surface area contributed by atoms with E-state index in [-0.39, 0.29) is 23.8 Å². The Balaban J connectivity index is 1.56. The van der Waals surface area contributed by atoms with Crippen molar-refractivity contribution in [1.29, 1.82) is 0 Å². The van der Waals surface area contributed by atoms with E-state index in [0.29, 0.717) is 42.7 Å². The molecule has 3 amide bonds. The quantitative estimate of drug-likeness (QED) is 0.523. The molecule has 1 aromatic heterocycles. The maximum atomic E-state index is 12.5. The van der Waals surface area contributed by atoms with Crippen LogP contribution in [0.3, 0.4) is 0 Å². The molecule has 1 fully saturated rings. The molecule has 0 aromatic carbocycles. The number of thiophene rings is 1. The number of nitrogens with one attached hydrogen (secondary N) is 2. The van der Waals surface area contributed by atoms with Crippen LogP contribution in [-0.4, -0.2) is 54.9 Å². The number of amides is 3. The van der Waals surface area contributed by atoms with Crippen molar-refractivity contribution in [1.82, 2.24) is 10.2 Å². The molecule has 29 heavy (non-hydrogen) atoms. The molecule has 1 aliphatic heterocycles. The van der Waals surface area contributed by atoms with Gasteiger partial charge in [-0.1, -0.05) is 0 Å². The lowest BCUT2D eigenvalue weighted by atomic mass is 9.95. The van der Waals surface area contributed by atoms with Crippen LogP contribution in [0.15, 0.2) is 0 Å². The zero-order chi connectivity index (χ0) is 20.8. The van der Waals surface area contributed by atoms with Crippen LogP contribution in [0.1, 0.15) is 53.4 Å². The van der Waals surface area contributed by atoms with Crippen LogP contribution in [-0.2, 0) is 22.4 Å². The number of rotatable bonds is 6. The first-order chi connectivity index (χ1) is 14.0. The van der Waals surface area contributed by atoms with Crippen molar-refractivity contribution in [3.05, 3.63) is 16.0 Å². The van der Waals surface area contributed by atoms with Gasteiger partial charge in [-0.05, 0) is 56.9 Å². The van der Waals surface area contributed by atoms with Crippen LogP contribution in [0, 0.1) is 5.92 Å². The fraction of sp³-hybridized carbons (Fsp3) is 0.650. The molecular weight excluding hydrogens is 414 g/mol. The predicted molar refractivity (Wildman–Crippen MR) is 114 cm³/mol. The summed E-state index contributed by atoms with van der Waals surface area (Å²) in [6, 6.07) is -0.312. The van der Waals surface area contributed by atoms with Crippen LogP contribution >= 0.6 is 22.9 Å². The standard InChI is InChI=1S/C20H28ClN3O4S/c1-2-28-19(26)17-14-5-3-4-6-15(14)29-18(17)23-20(27)22-12-13-7-9-24(10-8-13)16(25)11-21/h13H,2-12H2,1H3,(H2,22,23,27). The van der Waals surface area contributed by atoms with Gasteiger partial charge in [0.1, 0.15) is 10.9 Å². The molecule has 0 spiro atoms. The first-order valence-electron chi connectivity index (χ1n) is 10.2. The minimum absolute atomic E-state index is 0.0128. The van der Waals surface area contributed by atoms with Crippen molar-refractivity contribution in [2.75, 3.05) is 37.4 Å². The van der Waals surface area contributed by atoms with E-state index in [0.717, 1.165) is 44.1 Å². The second-order valence-electron chi connectivity index (χ2n) is 7.43. The molecule has 0 unspecified atom stereocenters. The van der Waals surface area contributed by atoms with E-state index in [1.165, 1.54) is 16.2 Å². The van der Waals surface area contributed by atoms with Crippen molar-refractivity contribution in [3.8, 4) is 0 Å². The van der Waals surface area contributed by atoms with Gasteiger partial charge in [0.2, 0.25) is 5.91 Å². The van der Waals surface area contributed by atoms with E-state index in [9.17, 15) is 14.4 Å². The van der Waals surface area contributed by atoms with Gasteiger partial charge in [-0.15, -0.1) is 22.9 Å². The van der Waals surface area contributed by atoms with Crippen molar-refractivity contribution >= 4 is 45.8 Å². The molecular formula is C20H28ClN3O4S. The number of esters is 1. The zero-order valence-corrected chi connectivity index (χ0v) is 18.3. The summed E-state index contributed by atoms with van der Waals surface area (Å²) in [6.45, 7) is 3.96. The first kappa shape index (κ1) is 21.9. The number of likely N-dealkylation sites (tertiary alicyclic amines) is 1. The zero-order valence-electron chi connectivity index (χ0n) is 16.7. The van der Waals surface area contributed by atoms with Gasteiger partial charge in [-0.25, -0.2) is 9.59 Å². The molecule has 2 heterocycles. The van der Waals surface area contributed by atoms with Gasteiger partial charge < -0.3 is 15.0 Å². The number of carbonyl (C=O) groups is 3. The third kappa shape index (κ3) is 5.42. The normalized spacial score (nSPS) is 16.8. The summed E-state index contributed by atoms with van der Waals surface area (Å²) in [7, 11) is 0. The number of halogens is 1. The summed E-state index contributed by atoms with van der Waals surface area (Å²) < 4.78 is 5.22. The summed E-state index contributed by atoms with van der Waals surface area (Å²) in [5.41, 5.74) is 1.56. The Kier molecular flexibility index (Phi) is 7.77. The highest BCUT2D eigenvalue weighted by atomic mass is 35.5. The van der Waals surface area contributed by atoms with Crippen LogP contribution < -0.4 is 10.6 Å². The highest BCUT2D eigenvalue weighted by molar-refractivity contribution is 7.17. The monoisotopic (exact) mass is 441 g/mol. The molecule has 0 atom stereocenters. The fourth-order valence-corrected chi connectivity index (χ4v) is 5.37. The topological polar surface area (TPSA) is 87.7 Å². The molecule has 160 valence electrons. The number of aryl methyl sites for hydroxylation is 1. The molecule has 2 aliphatic rings. The van der Waals surface area contributed by atoms with E-state index in [1.54, 1.807) is 11.8 Å². The number of anilines is 1. The molecule has 0 bridgehead atoms. The SMILES string of the molecule is CCOC(=O)c1c(NC(=O)NCC2CCN(C(=O)CCl)CC2)sc2c1CCCC2. The van der Waals surface area contributed by atoms with Gasteiger partial charge in [0.05, 0.1) is 12.2 Å². The van der Waals surface area contributed by atoms with E-state index in [1.807, 2.05) is 0 Å². The number of hydrogen-bond donors (Lipinski definition) is 2. The Morgan fingerprint density at radius 3 is 2.62 bits per heavy atom. The molecule has 9 heteroatoms. The molecule has 0 radical (unpaired) electrons. The second kappa shape index (κ2) is 10.3. The second-order valence-corrected chi connectivity index (χ2v) is 8.80. The van der Waals surface area contributed by atoms with Gasteiger partial charge in [-0.2, -0.15) is 0 Å².